The number of rotatable bonds is 4. The molecule has 2 aromatic carbocycles. The van der Waals surface area contributed by atoms with Gasteiger partial charge in [0.05, 0.1) is 34.2 Å². The zero-order valence-corrected chi connectivity index (χ0v) is 16.5. The van der Waals surface area contributed by atoms with Gasteiger partial charge in [-0.2, -0.15) is 0 Å². The van der Waals surface area contributed by atoms with Crippen molar-refractivity contribution in [3.05, 3.63) is 53.6 Å². The van der Waals surface area contributed by atoms with Gasteiger partial charge in [-0.15, -0.1) is 0 Å². The fourth-order valence-electron chi connectivity index (χ4n) is 3.37. The molecule has 1 heterocycles. The first-order chi connectivity index (χ1) is 12.5. The molecule has 0 bridgehead atoms. The molecule has 1 aliphatic heterocycles. The Kier molecular flexibility index (Phi) is 4.96. The minimum absolute atomic E-state index is 0.0212. The van der Waals surface area contributed by atoms with Crippen LogP contribution in [0.4, 0.5) is 5.69 Å². The summed E-state index contributed by atoms with van der Waals surface area (Å²) < 4.78 is 51.8. The Morgan fingerprint density at radius 1 is 1.07 bits per heavy atom. The molecule has 146 valence electrons. The number of aliphatic hydroxyl groups excluding tert-OH is 1. The SMILES string of the molecule is Cc1ccc(S(=O)(=O)N(c2cccc(O)c2)[C@@H]2CS(=O)(=O)C[C@H]2O)c(C)c1. The summed E-state index contributed by atoms with van der Waals surface area (Å²) in [6, 6.07) is 9.20. The summed E-state index contributed by atoms with van der Waals surface area (Å²) in [7, 11) is -7.77. The van der Waals surface area contributed by atoms with E-state index in [1.165, 1.54) is 30.3 Å². The van der Waals surface area contributed by atoms with Crippen LogP contribution < -0.4 is 4.31 Å². The third kappa shape index (κ3) is 3.80. The van der Waals surface area contributed by atoms with Crippen molar-refractivity contribution in [1.82, 2.24) is 0 Å². The smallest absolute Gasteiger partial charge is 0.264 e. The van der Waals surface area contributed by atoms with Crippen LogP contribution >= 0.6 is 0 Å². The van der Waals surface area contributed by atoms with Crippen LogP contribution in [0.15, 0.2) is 47.4 Å². The number of phenols is 1. The minimum Gasteiger partial charge on any atom is -0.508 e. The van der Waals surface area contributed by atoms with Crippen LogP contribution in [0.5, 0.6) is 5.75 Å². The number of hydrogen-bond acceptors (Lipinski definition) is 6. The van der Waals surface area contributed by atoms with E-state index in [-0.39, 0.29) is 16.3 Å². The Balaban J connectivity index is 2.21. The average molecular weight is 412 g/mol. The molecule has 1 fully saturated rings. The lowest BCUT2D eigenvalue weighted by molar-refractivity contribution is 0.184. The molecule has 0 aliphatic carbocycles. The van der Waals surface area contributed by atoms with Gasteiger partial charge in [-0.25, -0.2) is 16.8 Å². The average Bonchev–Trinajstić information content (AvgIpc) is 2.79. The summed E-state index contributed by atoms with van der Waals surface area (Å²) in [6.45, 7) is 3.49. The molecule has 27 heavy (non-hydrogen) atoms. The zero-order chi connectivity index (χ0) is 20.0. The highest BCUT2D eigenvalue weighted by Crippen LogP contribution is 2.33. The highest BCUT2D eigenvalue weighted by atomic mass is 32.2. The normalized spacial score (nSPS) is 21.9. The van der Waals surface area contributed by atoms with Crippen molar-refractivity contribution in [2.45, 2.75) is 30.9 Å². The number of sulfone groups is 1. The molecule has 2 N–H and O–H groups in total. The van der Waals surface area contributed by atoms with Crippen molar-refractivity contribution in [2.24, 2.45) is 0 Å². The maximum absolute atomic E-state index is 13.5. The Morgan fingerprint density at radius 3 is 2.33 bits per heavy atom. The monoisotopic (exact) mass is 411 g/mol. The second kappa shape index (κ2) is 6.81. The Bertz CT molecular complexity index is 1080. The van der Waals surface area contributed by atoms with Crippen LogP contribution in [0.25, 0.3) is 0 Å². The first-order valence-electron chi connectivity index (χ1n) is 8.30. The van der Waals surface area contributed by atoms with E-state index in [2.05, 4.69) is 0 Å². The van der Waals surface area contributed by atoms with Crippen molar-refractivity contribution >= 4 is 25.5 Å². The van der Waals surface area contributed by atoms with Crippen LogP contribution in [0.3, 0.4) is 0 Å². The molecule has 1 aliphatic rings. The number of aryl methyl sites for hydroxylation is 2. The number of aromatic hydroxyl groups is 1. The summed E-state index contributed by atoms with van der Waals surface area (Å²) in [5, 5.41) is 20.1. The molecule has 3 rings (SSSR count). The third-order valence-corrected chi connectivity index (χ3v) is 8.26. The van der Waals surface area contributed by atoms with Gasteiger partial charge in [0.25, 0.3) is 10.0 Å². The molecule has 0 aromatic heterocycles. The first kappa shape index (κ1) is 19.7. The molecule has 1 saturated heterocycles. The lowest BCUT2D eigenvalue weighted by atomic mass is 10.2. The number of aliphatic hydroxyl groups is 1. The highest BCUT2D eigenvalue weighted by molar-refractivity contribution is 7.93. The van der Waals surface area contributed by atoms with Crippen molar-refractivity contribution in [3.63, 3.8) is 0 Å². The molecule has 0 saturated carbocycles. The Labute approximate surface area is 158 Å². The summed E-state index contributed by atoms with van der Waals surface area (Å²) in [6.07, 6.45) is -1.36. The standard InChI is InChI=1S/C18H21NO6S2/c1-12-6-7-18(13(2)8-12)27(24,25)19(14-4-3-5-15(20)9-14)16-10-26(22,23)11-17(16)21/h3-9,16-17,20-21H,10-11H2,1-2H3/t16-,17-/m1/s1. The molecular weight excluding hydrogens is 390 g/mol. The second-order valence-electron chi connectivity index (χ2n) is 6.80. The second-order valence-corrected chi connectivity index (χ2v) is 10.7. The minimum atomic E-state index is -4.19. The van der Waals surface area contributed by atoms with E-state index in [1.807, 2.05) is 6.92 Å². The van der Waals surface area contributed by atoms with Gasteiger partial charge in [-0.05, 0) is 37.6 Å². The van der Waals surface area contributed by atoms with Gasteiger partial charge < -0.3 is 10.2 Å². The molecule has 0 unspecified atom stereocenters. The van der Waals surface area contributed by atoms with Crippen molar-refractivity contribution in [1.29, 1.82) is 0 Å². The van der Waals surface area contributed by atoms with Gasteiger partial charge in [0.15, 0.2) is 9.84 Å². The molecule has 0 radical (unpaired) electrons. The first-order valence-corrected chi connectivity index (χ1v) is 11.6. The van der Waals surface area contributed by atoms with E-state index < -0.39 is 43.5 Å². The lowest BCUT2D eigenvalue weighted by Crippen LogP contribution is -2.47. The number of phenolic OH excluding ortho intramolecular Hbond substituents is 1. The van der Waals surface area contributed by atoms with Crippen LogP contribution in [0.1, 0.15) is 11.1 Å². The third-order valence-electron chi connectivity index (χ3n) is 4.55. The van der Waals surface area contributed by atoms with Crippen LogP contribution in [0.2, 0.25) is 0 Å². The van der Waals surface area contributed by atoms with E-state index in [0.717, 1.165) is 9.87 Å². The van der Waals surface area contributed by atoms with E-state index in [1.54, 1.807) is 19.1 Å². The summed E-state index contributed by atoms with van der Waals surface area (Å²) in [5.74, 6) is -1.16. The van der Waals surface area contributed by atoms with Crippen LogP contribution in [-0.4, -0.2) is 50.7 Å². The highest BCUT2D eigenvalue weighted by Gasteiger charge is 2.45. The van der Waals surface area contributed by atoms with Crippen molar-refractivity contribution in [2.75, 3.05) is 15.8 Å². The Morgan fingerprint density at radius 2 is 1.78 bits per heavy atom. The molecule has 2 atom stereocenters. The van der Waals surface area contributed by atoms with Gasteiger partial charge >= 0.3 is 0 Å². The maximum atomic E-state index is 13.5. The molecule has 0 amide bonds. The molecule has 0 spiro atoms. The largest absolute Gasteiger partial charge is 0.508 e. The van der Waals surface area contributed by atoms with E-state index in [0.29, 0.717) is 5.56 Å². The summed E-state index contributed by atoms with van der Waals surface area (Å²) >= 11 is 0. The van der Waals surface area contributed by atoms with E-state index >= 15 is 0 Å². The van der Waals surface area contributed by atoms with Gasteiger partial charge in [-0.1, -0.05) is 23.8 Å². The van der Waals surface area contributed by atoms with Crippen LogP contribution in [-0.2, 0) is 19.9 Å². The van der Waals surface area contributed by atoms with Crippen LogP contribution in [0, 0.1) is 13.8 Å². The quantitative estimate of drug-likeness (QED) is 0.786. The number of nitrogens with zero attached hydrogens (tertiary/aromatic N) is 1. The number of benzene rings is 2. The van der Waals surface area contributed by atoms with Gasteiger partial charge in [0.1, 0.15) is 5.75 Å². The lowest BCUT2D eigenvalue weighted by Gasteiger charge is -2.32. The van der Waals surface area contributed by atoms with Crippen molar-refractivity contribution < 1.29 is 27.0 Å². The fourth-order valence-corrected chi connectivity index (χ4v) is 7.11. The van der Waals surface area contributed by atoms with E-state index in [4.69, 9.17) is 0 Å². The molecule has 2 aromatic rings. The summed E-state index contributed by atoms with van der Waals surface area (Å²) in [4.78, 5) is 0.0212. The topological polar surface area (TPSA) is 112 Å². The number of sulfonamides is 1. The number of hydrogen-bond donors (Lipinski definition) is 2. The van der Waals surface area contributed by atoms with Gasteiger partial charge in [0.2, 0.25) is 0 Å². The fraction of sp³-hybridized carbons (Fsp3) is 0.333. The van der Waals surface area contributed by atoms with Gasteiger partial charge in [0, 0.05) is 6.07 Å². The zero-order valence-electron chi connectivity index (χ0n) is 14.9. The Hall–Kier alpha value is -2.10. The van der Waals surface area contributed by atoms with Crippen molar-refractivity contribution in [3.8, 4) is 5.75 Å². The molecule has 7 nitrogen and oxygen atoms in total. The molecular formula is C18H21NO6S2. The van der Waals surface area contributed by atoms with Gasteiger partial charge in [-0.3, -0.25) is 4.31 Å². The predicted octanol–water partition coefficient (Wildman–Crippen LogP) is 1.36. The number of anilines is 1. The summed E-state index contributed by atoms with van der Waals surface area (Å²) in [5.41, 5.74) is 1.49. The maximum Gasteiger partial charge on any atom is 0.264 e. The molecule has 9 heteroatoms. The predicted molar refractivity (Wildman–Crippen MR) is 102 cm³/mol. The van der Waals surface area contributed by atoms with E-state index in [9.17, 15) is 27.0 Å².